The topological polar surface area (TPSA) is 23.8 Å². The fourth-order valence-electron chi connectivity index (χ4n) is 2.25. The van der Waals surface area contributed by atoms with Crippen molar-refractivity contribution in [3.8, 4) is 6.07 Å². The molecule has 1 aromatic carbocycles. The van der Waals surface area contributed by atoms with E-state index in [2.05, 4.69) is 19.1 Å². The van der Waals surface area contributed by atoms with Crippen LogP contribution in [0.3, 0.4) is 0 Å². The maximum atomic E-state index is 8.80. The van der Waals surface area contributed by atoms with Crippen LogP contribution in [0.5, 0.6) is 0 Å². The summed E-state index contributed by atoms with van der Waals surface area (Å²) in [4.78, 5) is 0. The molecule has 2 rings (SSSR count). The third-order valence-electron chi connectivity index (χ3n) is 3.46. The predicted octanol–water partition coefficient (Wildman–Crippen LogP) is 5.92. The molecule has 0 radical (unpaired) electrons. The summed E-state index contributed by atoms with van der Waals surface area (Å²) in [5, 5.41) is 9.74. The van der Waals surface area contributed by atoms with E-state index in [1.54, 1.807) is 0 Å². The molecule has 0 bridgehead atoms. The zero-order valence-corrected chi connectivity index (χ0v) is 13.2. The second-order valence-corrected chi connectivity index (χ2v) is 5.15. The number of nitriles is 1. The van der Waals surface area contributed by atoms with Crippen molar-refractivity contribution in [3.05, 3.63) is 58.1 Å². The summed E-state index contributed by atoms with van der Waals surface area (Å²) < 4.78 is 0. The number of rotatable bonds is 2. The van der Waals surface area contributed by atoms with Crippen molar-refractivity contribution in [2.24, 2.45) is 0 Å². The average molecular weight is 288 g/mol. The van der Waals surface area contributed by atoms with Gasteiger partial charge in [0, 0.05) is 11.0 Å². The van der Waals surface area contributed by atoms with E-state index in [0.717, 1.165) is 24.3 Å². The second-order valence-electron chi connectivity index (χ2n) is 4.66. The Labute approximate surface area is 127 Å². The van der Waals surface area contributed by atoms with E-state index in [-0.39, 0.29) is 0 Å². The lowest BCUT2D eigenvalue weighted by molar-refractivity contribution is 0.756. The van der Waals surface area contributed by atoms with Crippen LogP contribution in [-0.4, -0.2) is 0 Å². The van der Waals surface area contributed by atoms with E-state index >= 15 is 0 Å². The van der Waals surface area contributed by atoms with Crippen molar-refractivity contribution < 1.29 is 0 Å². The Bertz CT molecular complexity index is 517. The maximum Gasteiger partial charge on any atom is 0.0991 e. The number of hydrogen-bond acceptors (Lipinski definition) is 1. The van der Waals surface area contributed by atoms with Gasteiger partial charge >= 0.3 is 0 Å². The molecule has 1 nitrogen and oxygen atoms in total. The first kappa shape index (κ1) is 16.5. The molecule has 0 saturated carbocycles. The summed E-state index contributed by atoms with van der Waals surface area (Å²) in [5.41, 5.74) is 3.38. The van der Waals surface area contributed by atoms with Crippen LogP contribution >= 0.6 is 11.6 Å². The first-order valence-corrected chi connectivity index (χ1v) is 7.63. The zero-order valence-electron chi connectivity index (χ0n) is 12.5. The van der Waals surface area contributed by atoms with Crippen LogP contribution in [0.2, 0.25) is 0 Å². The van der Waals surface area contributed by atoms with Gasteiger partial charge in [-0.1, -0.05) is 56.2 Å². The lowest BCUT2D eigenvalue weighted by Crippen LogP contribution is -1.98. The van der Waals surface area contributed by atoms with Crippen molar-refractivity contribution >= 4 is 11.6 Å². The van der Waals surface area contributed by atoms with Gasteiger partial charge in [-0.05, 0) is 43.0 Å². The molecule has 0 spiro atoms. The minimum Gasteiger partial charge on any atom is -0.192 e. The standard InChI is InChI=1S/C16H16ClN.C2H6/c1-12(14-3-2-4-16(17)10-9-14)15-7-5-13(11-18)6-8-15;1-2/h5-10,12H,2-4H2,1H3;1-2H3/t12-;/m0./s1. The van der Waals surface area contributed by atoms with E-state index in [1.807, 2.05) is 44.2 Å². The summed E-state index contributed by atoms with van der Waals surface area (Å²) in [6, 6.07) is 9.99. The van der Waals surface area contributed by atoms with Gasteiger partial charge in [-0.25, -0.2) is 0 Å². The first-order valence-electron chi connectivity index (χ1n) is 7.26. The monoisotopic (exact) mass is 287 g/mol. The molecular formula is C18H22ClN. The van der Waals surface area contributed by atoms with E-state index in [4.69, 9.17) is 16.9 Å². The van der Waals surface area contributed by atoms with E-state index in [1.165, 1.54) is 11.1 Å². The molecule has 0 N–H and O–H groups in total. The molecule has 0 fully saturated rings. The highest BCUT2D eigenvalue weighted by Crippen LogP contribution is 2.31. The Kier molecular flexibility index (Phi) is 7.12. The van der Waals surface area contributed by atoms with E-state index in [9.17, 15) is 0 Å². The molecule has 0 aliphatic heterocycles. The lowest BCUT2D eigenvalue weighted by Gasteiger charge is -2.15. The van der Waals surface area contributed by atoms with Crippen molar-refractivity contribution in [3.63, 3.8) is 0 Å². The molecule has 20 heavy (non-hydrogen) atoms. The summed E-state index contributed by atoms with van der Waals surface area (Å²) in [6.07, 6.45) is 7.35. The number of benzene rings is 1. The van der Waals surface area contributed by atoms with Crippen molar-refractivity contribution in [1.82, 2.24) is 0 Å². The maximum absolute atomic E-state index is 8.80. The Balaban J connectivity index is 0.000000956. The van der Waals surface area contributed by atoms with Crippen molar-refractivity contribution in [1.29, 1.82) is 5.26 Å². The quantitative estimate of drug-likeness (QED) is 0.662. The van der Waals surface area contributed by atoms with Crippen molar-refractivity contribution in [2.75, 3.05) is 0 Å². The van der Waals surface area contributed by atoms with Gasteiger partial charge < -0.3 is 0 Å². The molecule has 1 aromatic rings. The van der Waals surface area contributed by atoms with Crippen LogP contribution in [-0.2, 0) is 0 Å². The number of nitrogens with zero attached hydrogens (tertiary/aromatic N) is 1. The van der Waals surface area contributed by atoms with Crippen LogP contribution in [0, 0.1) is 11.3 Å². The molecule has 0 amide bonds. The van der Waals surface area contributed by atoms with Gasteiger partial charge in [-0.15, -0.1) is 0 Å². The third kappa shape index (κ3) is 4.54. The Morgan fingerprint density at radius 1 is 1.10 bits per heavy atom. The Morgan fingerprint density at radius 2 is 1.75 bits per heavy atom. The molecule has 1 aliphatic rings. The molecule has 1 aliphatic carbocycles. The van der Waals surface area contributed by atoms with Crippen LogP contribution in [0.4, 0.5) is 0 Å². The number of hydrogen-bond donors (Lipinski definition) is 0. The van der Waals surface area contributed by atoms with Gasteiger partial charge in [0.15, 0.2) is 0 Å². The van der Waals surface area contributed by atoms with Gasteiger partial charge in [0.05, 0.1) is 11.6 Å². The fraction of sp³-hybridized carbons (Fsp3) is 0.389. The minimum absolute atomic E-state index is 0.386. The normalized spacial score (nSPS) is 15.8. The van der Waals surface area contributed by atoms with Gasteiger partial charge in [0.2, 0.25) is 0 Å². The highest BCUT2D eigenvalue weighted by Gasteiger charge is 2.12. The van der Waals surface area contributed by atoms with Gasteiger partial charge in [0.1, 0.15) is 0 Å². The predicted molar refractivity (Wildman–Crippen MR) is 86.8 cm³/mol. The smallest absolute Gasteiger partial charge is 0.0991 e. The highest BCUT2D eigenvalue weighted by molar-refractivity contribution is 6.29. The number of halogens is 1. The largest absolute Gasteiger partial charge is 0.192 e. The van der Waals surface area contributed by atoms with E-state index < -0.39 is 0 Å². The molecule has 106 valence electrons. The minimum atomic E-state index is 0.386. The van der Waals surface area contributed by atoms with Crippen LogP contribution in [0.25, 0.3) is 0 Å². The van der Waals surface area contributed by atoms with Gasteiger partial charge in [-0.2, -0.15) is 5.26 Å². The van der Waals surface area contributed by atoms with Crippen molar-refractivity contribution in [2.45, 2.75) is 46.0 Å². The highest BCUT2D eigenvalue weighted by atomic mass is 35.5. The average Bonchev–Trinajstić information content (AvgIpc) is 2.73. The summed E-state index contributed by atoms with van der Waals surface area (Å²) >= 11 is 6.06. The molecule has 2 heteroatoms. The summed E-state index contributed by atoms with van der Waals surface area (Å²) in [6.45, 7) is 6.21. The van der Waals surface area contributed by atoms with Crippen LogP contribution in [0.1, 0.15) is 57.1 Å². The van der Waals surface area contributed by atoms with Crippen LogP contribution < -0.4 is 0 Å². The van der Waals surface area contributed by atoms with Gasteiger partial charge in [-0.3, -0.25) is 0 Å². The number of allylic oxidation sites excluding steroid dienone is 4. The molecule has 0 unspecified atom stereocenters. The molecular weight excluding hydrogens is 266 g/mol. The van der Waals surface area contributed by atoms with E-state index in [0.29, 0.717) is 11.5 Å². The Hall–Kier alpha value is -1.52. The van der Waals surface area contributed by atoms with Gasteiger partial charge in [0.25, 0.3) is 0 Å². The lowest BCUT2D eigenvalue weighted by atomic mass is 9.89. The Morgan fingerprint density at radius 3 is 2.35 bits per heavy atom. The zero-order chi connectivity index (χ0) is 15.0. The molecule has 0 heterocycles. The van der Waals surface area contributed by atoms with Crippen LogP contribution in [0.15, 0.2) is 47.0 Å². The SMILES string of the molecule is CC.C[C@@H](C1=CC=C(Cl)CCC1)c1ccc(C#N)cc1. The third-order valence-corrected chi connectivity index (χ3v) is 3.77. The summed E-state index contributed by atoms with van der Waals surface area (Å²) in [5.74, 6) is 0.386. The first-order chi connectivity index (χ1) is 9.70. The summed E-state index contributed by atoms with van der Waals surface area (Å²) in [7, 11) is 0. The molecule has 0 saturated heterocycles. The molecule has 1 atom stereocenters. The molecule has 0 aromatic heterocycles. The fourth-order valence-corrected chi connectivity index (χ4v) is 2.44. The second kappa shape index (κ2) is 8.61.